The number of hydrogen-bond donors (Lipinski definition) is 2. The number of nitrogens with one attached hydrogen (secondary N) is 1. The van der Waals surface area contributed by atoms with Gasteiger partial charge in [0.1, 0.15) is 5.69 Å². The number of nitrogens with zero attached hydrogens (tertiary/aromatic N) is 1. The number of rotatable bonds is 4. The number of halogens is 2. The molecule has 0 heterocycles. The van der Waals surface area contributed by atoms with Crippen molar-refractivity contribution in [2.75, 3.05) is 38.2 Å². The highest BCUT2D eigenvalue weighted by molar-refractivity contribution is 5.53. The van der Waals surface area contributed by atoms with Crippen molar-refractivity contribution in [3.63, 3.8) is 0 Å². The lowest BCUT2D eigenvalue weighted by atomic mass is 10.2. The van der Waals surface area contributed by atoms with Gasteiger partial charge in [-0.3, -0.25) is 0 Å². The van der Waals surface area contributed by atoms with E-state index in [1.165, 1.54) is 0 Å². The van der Waals surface area contributed by atoms with Gasteiger partial charge >= 0.3 is 0 Å². The molecule has 84 valence electrons. The van der Waals surface area contributed by atoms with Gasteiger partial charge in [0.25, 0.3) is 0 Å². The van der Waals surface area contributed by atoms with E-state index in [2.05, 4.69) is 5.32 Å². The predicted molar refractivity (Wildman–Crippen MR) is 57.8 cm³/mol. The van der Waals surface area contributed by atoms with Gasteiger partial charge in [0, 0.05) is 18.8 Å². The van der Waals surface area contributed by atoms with Crippen molar-refractivity contribution in [2.45, 2.75) is 0 Å². The first-order chi connectivity index (χ1) is 7.00. The lowest BCUT2D eigenvalue weighted by molar-refractivity contribution is 0.424. The van der Waals surface area contributed by atoms with Crippen molar-refractivity contribution in [2.24, 2.45) is 0 Å². The number of anilines is 2. The van der Waals surface area contributed by atoms with Gasteiger partial charge in [0.15, 0.2) is 11.6 Å². The normalized spacial score (nSPS) is 10.7. The molecule has 0 aliphatic carbocycles. The SMILES string of the molecule is CN(C)CCNc1c(F)cc(N)cc1F. The van der Waals surface area contributed by atoms with Crippen LogP contribution in [-0.4, -0.2) is 32.1 Å². The Bertz CT molecular complexity index is 316. The highest BCUT2D eigenvalue weighted by Crippen LogP contribution is 2.21. The predicted octanol–water partition coefficient (Wildman–Crippen LogP) is 1.52. The Morgan fingerprint density at radius 2 is 1.80 bits per heavy atom. The van der Waals surface area contributed by atoms with Crippen molar-refractivity contribution in [3.05, 3.63) is 23.8 Å². The van der Waals surface area contributed by atoms with E-state index in [4.69, 9.17) is 5.73 Å². The van der Waals surface area contributed by atoms with Crippen LogP contribution >= 0.6 is 0 Å². The summed E-state index contributed by atoms with van der Waals surface area (Å²) < 4.78 is 26.5. The third-order valence-electron chi connectivity index (χ3n) is 1.93. The van der Waals surface area contributed by atoms with E-state index in [-0.39, 0.29) is 11.4 Å². The molecule has 3 N–H and O–H groups in total. The first kappa shape index (κ1) is 11.7. The first-order valence-electron chi connectivity index (χ1n) is 4.64. The molecule has 1 aromatic carbocycles. The summed E-state index contributed by atoms with van der Waals surface area (Å²) in [6, 6.07) is 2.20. The molecule has 0 saturated heterocycles. The van der Waals surface area contributed by atoms with E-state index in [9.17, 15) is 8.78 Å². The van der Waals surface area contributed by atoms with Crippen LogP contribution < -0.4 is 11.1 Å². The summed E-state index contributed by atoms with van der Waals surface area (Å²) >= 11 is 0. The minimum atomic E-state index is -0.661. The summed E-state index contributed by atoms with van der Waals surface area (Å²) in [7, 11) is 3.77. The molecular weight excluding hydrogens is 200 g/mol. The average Bonchev–Trinajstić information content (AvgIpc) is 2.08. The molecule has 15 heavy (non-hydrogen) atoms. The summed E-state index contributed by atoms with van der Waals surface area (Å²) in [5, 5.41) is 2.69. The van der Waals surface area contributed by atoms with Gasteiger partial charge in [-0.05, 0) is 26.2 Å². The molecule has 1 aromatic rings. The van der Waals surface area contributed by atoms with Crippen molar-refractivity contribution >= 4 is 11.4 Å². The molecule has 0 amide bonds. The second-order valence-corrected chi connectivity index (χ2v) is 3.59. The number of benzene rings is 1. The first-order valence-corrected chi connectivity index (χ1v) is 4.64. The van der Waals surface area contributed by atoms with Crippen molar-refractivity contribution < 1.29 is 8.78 Å². The van der Waals surface area contributed by atoms with Crippen molar-refractivity contribution in [1.29, 1.82) is 0 Å². The standard InChI is InChI=1S/C10H15F2N3/c1-15(2)4-3-14-10-8(11)5-7(13)6-9(10)12/h5-6,14H,3-4,13H2,1-2H3. The maximum atomic E-state index is 13.2. The van der Waals surface area contributed by atoms with E-state index in [1.54, 1.807) is 0 Å². The van der Waals surface area contributed by atoms with Crippen LogP contribution in [0.2, 0.25) is 0 Å². The number of nitrogen functional groups attached to an aromatic ring is 1. The van der Waals surface area contributed by atoms with Gasteiger partial charge in [-0.25, -0.2) is 8.78 Å². The van der Waals surface area contributed by atoms with E-state index in [0.717, 1.165) is 12.1 Å². The second kappa shape index (κ2) is 4.93. The molecule has 0 aromatic heterocycles. The zero-order chi connectivity index (χ0) is 11.4. The second-order valence-electron chi connectivity index (χ2n) is 3.59. The van der Waals surface area contributed by atoms with Crippen LogP contribution in [0.3, 0.4) is 0 Å². The van der Waals surface area contributed by atoms with Crippen LogP contribution in [-0.2, 0) is 0 Å². The third-order valence-corrected chi connectivity index (χ3v) is 1.93. The van der Waals surface area contributed by atoms with Gasteiger partial charge in [-0.2, -0.15) is 0 Å². The number of hydrogen-bond acceptors (Lipinski definition) is 3. The molecule has 0 aliphatic heterocycles. The molecule has 5 heteroatoms. The summed E-state index contributed by atoms with van der Waals surface area (Å²) in [4.78, 5) is 1.92. The number of nitrogens with two attached hydrogens (primary N) is 1. The van der Waals surface area contributed by atoms with E-state index in [0.29, 0.717) is 13.1 Å². The zero-order valence-corrected chi connectivity index (χ0v) is 8.85. The van der Waals surface area contributed by atoms with Gasteiger partial charge in [-0.15, -0.1) is 0 Å². The summed E-state index contributed by atoms with van der Waals surface area (Å²) in [5.74, 6) is -1.32. The monoisotopic (exact) mass is 215 g/mol. The minimum Gasteiger partial charge on any atom is -0.399 e. The Kier molecular flexibility index (Phi) is 3.85. The van der Waals surface area contributed by atoms with Crippen LogP contribution in [0, 0.1) is 11.6 Å². The maximum absolute atomic E-state index is 13.2. The molecule has 0 bridgehead atoms. The molecule has 3 nitrogen and oxygen atoms in total. The fourth-order valence-electron chi connectivity index (χ4n) is 1.17. The molecule has 0 saturated carbocycles. The van der Waals surface area contributed by atoms with Crippen molar-refractivity contribution in [3.8, 4) is 0 Å². The van der Waals surface area contributed by atoms with Crippen LogP contribution in [0.5, 0.6) is 0 Å². The molecular formula is C10H15F2N3. The summed E-state index contributed by atoms with van der Waals surface area (Å²) in [6.45, 7) is 1.17. The highest BCUT2D eigenvalue weighted by atomic mass is 19.1. The Labute approximate surface area is 87.9 Å². The van der Waals surface area contributed by atoms with Crippen molar-refractivity contribution in [1.82, 2.24) is 4.90 Å². The Balaban J connectivity index is 2.68. The van der Waals surface area contributed by atoms with Gasteiger partial charge in [-0.1, -0.05) is 0 Å². The molecule has 0 spiro atoms. The fourth-order valence-corrected chi connectivity index (χ4v) is 1.17. The van der Waals surface area contributed by atoms with Gasteiger partial charge < -0.3 is 16.0 Å². The molecule has 0 aliphatic rings. The summed E-state index contributed by atoms with van der Waals surface area (Å²) in [5.41, 5.74) is 5.26. The molecule has 0 radical (unpaired) electrons. The molecule has 0 atom stereocenters. The van der Waals surface area contributed by atoms with E-state index in [1.807, 2.05) is 19.0 Å². The van der Waals surface area contributed by atoms with Gasteiger partial charge in [0.05, 0.1) is 0 Å². The summed E-state index contributed by atoms with van der Waals surface area (Å²) in [6.07, 6.45) is 0. The van der Waals surface area contributed by atoms with Crippen LogP contribution in [0.25, 0.3) is 0 Å². The van der Waals surface area contributed by atoms with E-state index >= 15 is 0 Å². The molecule has 0 fully saturated rings. The largest absolute Gasteiger partial charge is 0.399 e. The average molecular weight is 215 g/mol. The lowest BCUT2D eigenvalue weighted by Gasteiger charge is -2.12. The maximum Gasteiger partial charge on any atom is 0.151 e. The van der Waals surface area contributed by atoms with Gasteiger partial charge in [0.2, 0.25) is 0 Å². The van der Waals surface area contributed by atoms with Crippen LogP contribution in [0.1, 0.15) is 0 Å². The topological polar surface area (TPSA) is 41.3 Å². The lowest BCUT2D eigenvalue weighted by Crippen LogP contribution is -2.21. The quantitative estimate of drug-likeness (QED) is 0.748. The Morgan fingerprint density at radius 1 is 1.27 bits per heavy atom. The Hall–Kier alpha value is -1.36. The third kappa shape index (κ3) is 3.36. The minimum absolute atomic E-state index is 0.0863. The fraction of sp³-hybridized carbons (Fsp3) is 0.400. The van der Waals surface area contributed by atoms with E-state index < -0.39 is 11.6 Å². The highest BCUT2D eigenvalue weighted by Gasteiger charge is 2.09. The molecule has 1 rings (SSSR count). The molecule has 0 unspecified atom stereocenters. The number of likely N-dealkylation sites (N-methyl/N-ethyl adjacent to an activating group) is 1. The van der Waals surface area contributed by atoms with Crippen LogP contribution in [0.4, 0.5) is 20.2 Å². The Morgan fingerprint density at radius 3 is 2.27 bits per heavy atom. The zero-order valence-electron chi connectivity index (χ0n) is 8.85. The smallest absolute Gasteiger partial charge is 0.151 e. The van der Waals surface area contributed by atoms with Crippen LogP contribution in [0.15, 0.2) is 12.1 Å².